The van der Waals surface area contributed by atoms with E-state index in [-0.39, 0.29) is 17.0 Å². The first kappa shape index (κ1) is 13.2. The Morgan fingerprint density at radius 3 is 2.95 bits per heavy atom. The van der Waals surface area contributed by atoms with Crippen LogP contribution in [0.3, 0.4) is 0 Å². The second-order valence-corrected chi connectivity index (χ2v) is 3.82. The van der Waals surface area contributed by atoms with Crippen molar-refractivity contribution in [1.29, 1.82) is 0 Å². The maximum absolute atomic E-state index is 13.7. The zero-order chi connectivity index (χ0) is 13.8. The molecule has 0 aliphatic carbocycles. The van der Waals surface area contributed by atoms with Crippen LogP contribution in [0.2, 0.25) is 0 Å². The molecule has 0 atom stereocenters. The Kier molecular flexibility index (Phi) is 3.86. The van der Waals surface area contributed by atoms with E-state index in [1.807, 2.05) is 6.92 Å². The molecule has 7 heteroatoms. The maximum Gasteiger partial charge on any atom is 0.272 e. The van der Waals surface area contributed by atoms with Gasteiger partial charge in [0, 0.05) is 6.07 Å². The molecule has 100 valence electrons. The van der Waals surface area contributed by atoms with E-state index in [1.165, 1.54) is 18.3 Å². The molecule has 0 spiro atoms. The number of hydrogen-bond donors (Lipinski definition) is 1. The van der Waals surface area contributed by atoms with E-state index in [2.05, 4.69) is 10.3 Å². The van der Waals surface area contributed by atoms with Gasteiger partial charge in [0.25, 0.3) is 5.69 Å². The quantitative estimate of drug-likeness (QED) is 0.663. The van der Waals surface area contributed by atoms with Crippen LogP contribution in [0.5, 0.6) is 0 Å². The topological polar surface area (TPSA) is 81.2 Å². The minimum atomic E-state index is -0.708. The molecule has 0 amide bonds. The minimum absolute atomic E-state index is 0.154. The molecule has 1 aromatic carbocycles. The molecule has 0 bridgehead atoms. The number of nitrogens with one attached hydrogen (secondary N) is 1. The molecule has 0 fully saturated rings. The third-order valence-corrected chi connectivity index (χ3v) is 2.51. The van der Waals surface area contributed by atoms with Crippen molar-refractivity contribution in [3.8, 4) is 11.3 Å². The van der Waals surface area contributed by atoms with Crippen molar-refractivity contribution in [1.82, 2.24) is 10.3 Å². The first-order chi connectivity index (χ1) is 9.11. The van der Waals surface area contributed by atoms with Gasteiger partial charge in [-0.05, 0) is 12.6 Å². The number of non-ortho nitro benzene ring substituents is 1. The van der Waals surface area contributed by atoms with Crippen LogP contribution in [0.15, 0.2) is 28.8 Å². The van der Waals surface area contributed by atoms with E-state index in [1.54, 1.807) is 0 Å². The second-order valence-electron chi connectivity index (χ2n) is 3.82. The predicted octanol–water partition coefficient (Wildman–Crippen LogP) is 2.50. The van der Waals surface area contributed by atoms with Crippen LogP contribution < -0.4 is 5.32 Å². The first-order valence-corrected chi connectivity index (χ1v) is 5.71. The molecular formula is C12H12FN3O3. The van der Waals surface area contributed by atoms with Crippen LogP contribution >= 0.6 is 0 Å². The van der Waals surface area contributed by atoms with Gasteiger partial charge in [0.15, 0.2) is 5.76 Å². The number of rotatable bonds is 5. The smallest absolute Gasteiger partial charge is 0.272 e. The normalized spacial score (nSPS) is 10.6. The number of oxazole rings is 1. The number of halogens is 1. The predicted molar refractivity (Wildman–Crippen MR) is 65.9 cm³/mol. The molecular weight excluding hydrogens is 253 g/mol. The van der Waals surface area contributed by atoms with Gasteiger partial charge in [-0.2, -0.15) is 0 Å². The zero-order valence-corrected chi connectivity index (χ0v) is 10.2. The third kappa shape index (κ3) is 2.94. The lowest BCUT2D eigenvalue weighted by Gasteiger charge is -1.99. The average molecular weight is 265 g/mol. The number of nitrogens with zero attached hydrogens (tertiary/aromatic N) is 2. The summed E-state index contributed by atoms with van der Waals surface area (Å²) in [7, 11) is 0. The Balaban J connectivity index is 2.26. The van der Waals surface area contributed by atoms with E-state index in [4.69, 9.17) is 4.42 Å². The Morgan fingerprint density at radius 2 is 2.32 bits per heavy atom. The molecule has 19 heavy (non-hydrogen) atoms. The molecule has 0 aliphatic heterocycles. The Labute approximate surface area is 108 Å². The fraction of sp³-hybridized carbons (Fsp3) is 0.250. The monoisotopic (exact) mass is 265 g/mol. The Hall–Kier alpha value is -2.28. The lowest BCUT2D eigenvalue weighted by atomic mass is 10.1. The van der Waals surface area contributed by atoms with Gasteiger partial charge in [0.05, 0.1) is 29.3 Å². The molecule has 1 heterocycles. The largest absolute Gasteiger partial charge is 0.439 e. The number of hydrogen-bond acceptors (Lipinski definition) is 5. The van der Waals surface area contributed by atoms with Crippen molar-refractivity contribution < 1.29 is 13.7 Å². The van der Waals surface area contributed by atoms with Crippen molar-refractivity contribution in [2.75, 3.05) is 6.54 Å². The van der Waals surface area contributed by atoms with E-state index in [9.17, 15) is 14.5 Å². The molecule has 6 nitrogen and oxygen atoms in total. The van der Waals surface area contributed by atoms with Gasteiger partial charge in [-0.3, -0.25) is 10.1 Å². The molecule has 0 unspecified atom stereocenters. The SMILES string of the molecule is CCNCc1ncc(-c2ccc([N+](=O)[O-])cc2F)o1. The van der Waals surface area contributed by atoms with E-state index >= 15 is 0 Å². The van der Waals surface area contributed by atoms with Gasteiger partial charge in [0.1, 0.15) is 5.82 Å². The van der Waals surface area contributed by atoms with Crippen LogP contribution in [-0.4, -0.2) is 16.5 Å². The highest BCUT2D eigenvalue weighted by Gasteiger charge is 2.15. The van der Waals surface area contributed by atoms with Gasteiger partial charge in [-0.25, -0.2) is 9.37 Å². The van der Waals surface area contributed by atoms with E-state index in [0.717, 1.165) is 12.6 Å². The lowest BCUT2D eigenvalue weighted by Crippen LogP contribution is -2.11. The van der Waals surface area contributed by atoms with Gasteiger partial charge in [-0.15, -0.1) is 0 Å². The standard InChI is InChI=1S/C12H12FN3O3/c1-2-14-7-12-15-6-11(19-12)9-4-3-8(16(17)18)5-10(9)13/h3-6,14H,2,7H2,1H3. The number of nitro groups is 1. The molecule has 0 saturated heterocycles. The Morgan fingerprint density at radius 1 is 1.53 bits per heavy atom. The van der Waals surface area contributed by atoms with Crippen molar-refractivity contribution in [3.05, 3.63) is 46.2 Å². The summed E-state index contributed by atoms with van der Waals surface area (Å²) in [6, 6.07) is 3.40. The summed E-state index contributed by atoms with van der Waals surface area (Å²) in [5.41, 5.74) is -0.144. The van der Waals surface area contributed by atoms with Crippen LogP contribution in [0.1, 0.15) is 12.8 Å². The summed E-state index contributed by atoms with van der Waals surface area (Å²) in [4.78, 5) is 13.9. The van der Waals surface area contributed by atoms with E-state index in [0.29, 0.717) is 12.4 Å². The third-order valence-electron chi connectivity index (χ3n) is 2.51. The first-order valence-electron chi connectivity index (χ1n) is 5.71. The summed E-state index contributed by atoms with van der Waals surface area (Å²) >= 11 is 0. The van der Waals surface area contributed by atoms with E-state index < -0.39 is 10.7 Å². The minimum Gasteiger partial charge on any atom is -0.439 e. The molecule has 1 N–H and O–H groups in total. The summed E-state index contributed by atoms with van der Waals surface area (Å²) in [5.74, 6) is -0.0183. The number of nitro benzene ring substituents is 1. The van der Waals surface area contributed by atoms with Crippen LogP contribution in [0.4, 0.5) is 10.1 Å². The molecule has 0 aliphatic rings. The van der Waals surface area contributed by atoms with Gasteiger partial charge in [-0.1, -0.05) is 6.92 Å². The molecule has 0 radical (unpaired) electrons. The van der Waals surface area contributed by atoms with Crippen LogP contribution in [0.25, 0.3) is 11.3 Å². The lowest BCUT2D eigenvalue weighted by molar-refractivity contribution is -0.385. The fourth-order valence-electron chi connectivity index (χ4n) is 1.57. The zero-order valence-electron chi connectivity index (χ0n) is 10.2. The second kappa shape index (κ2) is 5.57. The van der Waals surface area contributed by atoms with Gasteiger partial charge >= 0.3 is 0 Å². The average Bonchev–Trinajstić information content (AvgIpc) is 2.84. The highest BCUT2D eigenvalue weighted by molar-refractivity contribution is 5.59. The van der Waals surface area contributed by atoms with Crippen LogP contribution in [0, 0.1) is 15.9 Å². The van der Waals surface area contributed by atoms with Gasteiger partial charge in [0.2, 0.25) is 5.89 Å². The van der Waals surface area contributed by atoms with Crippen molar-refractivity contribution in [2.24, 2.45) is 0 Å². The van der Waals surface area contributed by atoms with Gasteiger partial charge < -0.3 is 9.73 Å². The molecule has 0 saturated carbocycles. The molecule has 2 aromatic rings. The summed E-state index contributed by atoms with van der Waals surface area (Å²) in [5, 5.41) is 13.5. The van der Waals surface area contributed by atoms with Crippen LogP contribution in [-0.2, 0) is 6.54 Å². The number of benzene rings is 1. The highest BCUT2D eigenvalue weighted by atomic mass is 19.1. The summed E-state index contributed by atoms with van der Waals surface area (Å²) in [6.07, 6.45) is 1.40. The highest BCUT2D eigenvalue weighted by Crippen LogP contribution is 2.26. The van der Waals surface area contributed by atoms with Crippen molar-refractivity contribution >= 4 is 5.69 Å². The fourth-order valence-corrected chi connectivity index (χ4v) is 1.57. The Bertz CT molecular complexity index is 598. The maximum atomic E-state index is 13.7. The molecule has 2 rings (SSSR count). The van der Waals surface area contributed by atoms with Crippen molar-refractivity contribution in [3.63, 3.8) is 0 Å². The number of aromatic nitrogens is 1. The molecule has 1 aromatic heterocycles. The summed E-state index contributed by atoms with van der Waals surface area (Å²) in [6.45, 7) is 3.16. The van der Waals surface area contributed by atoms with Crippen molar-refractivity contribution in [2.45, 2.75) is 13.5 Å². The summed E-state index contributed by atoms with van der Waals surface area (Å²) < 4.78 is 19.1.